The van der Waals surface area contributed by atoms with Gasteiger partial charge in [-0.3, -0.25) is 0 Å². The molecule has 1 heterocycles. The van der Waals surface area contributed by atoms with Gasteiger partial charge in [0, 0.05) is 0 Å². The third-order valence-corrected chi connectivity index (χ3v) is 3.72. The van der Waals surface area contributed by atoms with Gasteiger partial charge in [-0.15, -0.1) is 0 Å². The molecular formula is C16H24NO. The SMILES string of the molecule is CCCCC(Oc1c[c]ccc1)C1CCNCC1. The van der Waals surface area contributed by atoms with Crippen LogP contribution in [0.2, 0.25) is 0 Å². The highest BCUT2D eigenvalue weighted by molar-refractivity contribution is 5.20. The summed E-state index contributed by atoms with van der Waals surface area (Å²) in [4.78, 5) is 0. The Morgan fingerprint density at radius 3 is 2.94 bits per heavy atom. The summed E-state index contributed by atoms with van der Waals surface area (Å²) < 4.78 is 6.20. The first-order chi connectivity index (χ1) is 8.90. The second-order valence-corrected chi connectivity index (χ2v) is 5.13. The maximum atomic E-state index is 6.20. The van der Waals surface area contributed by atoms with E-state index in [9.17, 15) is 0 Å². The van der Waals surface area contributed by atoms with Gasteiger partial charge in [-0.2, -0.15) is 0 Å². The third-order valence-electron chi connectivity index (χ3n) is 3.72. The minimum Gasteiger partial charge on any atom is -0.490 e. The van der Waals surface area contributed by atoms with Crippen molar-refractivity contribution in [2.24, 2.45) is 5.92 Å². The summed E-state index contributed by atoms with van der Waals surface area (Å²) in [6, 6.07) is 11.0. The maximum absolute atomic E-state index is 6.20. The van der Waals surface area contributed by atoms with E-state index in [-0.39, 0.29) is 0 Å². The number of ether oxygens (including phenoxy) is 1. The first kappa shape index (κ1) is 13.4. The van der Waals surface area contributed by atoms with Crippen LogP contribution in [0.3, 0.4) is 0 Å². The van der Waals surface area contributed by atoms with Crippen molar-refractivity contribution in [3.8, 4) is 5.75 Å². The van der Waals surface area contributed by atoms with Crippen molar-refractivity contribution >= 4 is 0 Å². The molecule has 1 fully saturated rings. The summed E-state index contributed by atoms with van der Waals surface area (Å²) in [5, 5.41) is 3.43. The fourth-order valence-electron chi connectivity index (χ4n) is 2.64. The number of benzene rings is 1. The monoisotopic (exact) mass is 246 g/mol. The summed E-state index contributed by atoms with van der Waals surface area (Å²) in [5.74, 6) is 1.68. The lowest BCUT2D eigenvalue weighted by Crippen LogP contribution is -2.36. The second-order valence-electron chi connectivity index (χ2n) is 5.13. The zero-order chi connectivity index (χ0) is 12.6. The predicted octanol–water partition coefficient (Wildman–Crippen LogP) is 3.42. The Bertz CT molecular complexity index is 319. The molecule has 1 N–H and O–H groups in total. The molecule has 1 unspecified atom stereocenters. The van der Waals surface area contributed by atoms with Crippen LogP contribution in [0.15, 0.2) is 24.3 Å². The van der Waals surface area contributed by atoms with E-state index in [4.69, 9.17) is 4.74 Å². The Morgan fingerprint density at radius 2 is 2.28 bits per heavy atom. The highest BCUT2D eigenvalue weighted by Gasteiger charge is 2.24. The van der Waals surface area contributed by atoms with Crippen molar-refractivity contribution < 1.29 is 4.74 Å². The van der Waals surface area contributed by atoms with E-state index in [1.54, 1.807) is 0 Å². The van der Waals surface area contributed by atoms with Crippen molar-refractivity contribution in [2.75, 3.05) is 13.1 Å². The van der Waals surface area contributed by atoms with E-state index in [0.29, 0.717) is 12.0 Å². The molecule has 0 amide bonds. The first-order valence-corrected chi connectivity index (χ1v) is 7.23. The molecule has 0 aliphatic carbocycles. The van der Waals surface area contributed by atoms with E-state index in [1.807, 2.05) is 24.3 Å². The topological polar surface area (TPSA) is 21.3 Å². The van der Waals surface area contributed by atoms with Gasteiger partial charge in [0.25, 0.3) is 0 Å². The van der Waals surface area contributed by atoms with Gasteiger partial charge in [0.1, 0.15) is 11.9 Å². The van der Waals surface area contributed by atoms with Crippen molar-refractivity contribution in [3.05, 3.63) is 30.3 Å². The molecule has 0 bridgehead atoms. The van der Waals surface area contributed by atoms with Crippen LogP contribution in [0.5, 0.6) is 5.75 Å². The van der Waals surface area contributed by atoms with Gasteiger partial charge in [0.05, 0.1) is 0 Å². The van der Waals surface area contributed by atoms with Gasteiger partial charge in [0.2, 0.25) is 0 Å². The molecule has 0 saturated carbocycles. The van der Waals surface area contributed by atoms with Gasteiger partial charge >= 0.3 is 0 Å². The predicted molar refractivity (Wildman–Crippen MR) is 74.8 cm³/mol. The first-order valence-electron chi connectivity index (χ1n) is 7.23. The molecule has 0 spiro atoms. The van der Waals surface area contributed by atoms with Crippen molar-refractivity contribution in [1.82, 2.24) is 5.32 Å². The minimum atomic E-state index is 0.378. The molecule has 1 aromatic rings. The summed E-state index contributed by atoms with van der Waals surface area (Å²) in [6.07, 6.45) is 6.53. The molecular weight excluding hydrogens is 222 g/mol. The fourth-order valence-corrected chi connectivity index (χ4v) is 2.64. The molecule has 1 saturated heterocycles. The van der Waals surface area contributed by atoms with Crippen LogP contribution in [0.1, 0.15) is 39.0 Å². The molecule has 18 heavy (non-hydrogen) atoms. The molecule has 2 rings (SSSR count). The lowest BCUT2D eigenvalue weighted by molar-refractivity contribution is 0.102. The summed E-state index contributed by atoms with van der Waals surface area (Å²) >= 11 is 0. The number of piperidine rings is 1. The Labute approximate surface area is 111 Å². The minimum absolute atomic E-state index is 0.378. The smallest absolute Gasteiger partial charge is 0.120 e. The number of rotatable bonds is 6. The van der Waals surface area contributed by atoms with Gasteiger partial charge in [-0.1, -0.05) is 31.9 Å². The van der Waals surface area contributed by atoms with Crippen LogP contribution in [0.25, 0.3) is 0 Å². The highest BCUT2D eigenvalue weighted by atomic mass is 16.5. The lowest BCUT2D eigenvalue weighted by atomic mass is 9.89. The van der Waals surface area contributed by atoms with Gasteiger partial charge in [-0.05, 0) is 56.5 Å². The third kappa shape index (κ3) is 4.02. The average molecular weight is 246 g/mol. The van der Waals surface area contributed by atoms with Crippen LogP contribution in [-0.4, -0.2) is 19.2 Å². The molecule has 0 aromatic heterocycles. The van der Waals surface area contributed by atoms with Gasteiger partial charge in [-0.25, -0.2) is 0 Å². The van der Waals surface area contributed by atoms with E-state index in [1.165, 1.54) is 32.1 Å². The Morgan fingerprint density at radius 1 is 1.44 bits per heavy atom. The standard InChI is InChI=1S/C16H24NO/c1-2-3-9-16(14-10-12-17-13-11-14)18-15-7-5-4-6-8-15/h4-5,7-8,14,16-17H,2-3,9-13H2,1H3. The molecule has 1 radical (unpaired) electrons. The van der Waals surface area contributed by atoms with Crippen molar-refractivity contribution in [3.63, 3.8) is 0 Å². The molecule has 1 aromatic carbocycles. The van der Waals surface area contributed by atoms with Crippen LogP contribution >= 0.6 is 0 Å². The average Bonchev–Trinajstić information content (AvgIpc) is 2.45. The molecule has 1 aliphatic heterocycles. The molecule has 2 heteroatoms. The number of unbranched alkanes of at least 4 members (excludes halogenated alkanes) is 1. The normalized spacial score (nSPS) is 18.5. The molecule has 99 valence electrons. The zero-order valence-electron chi connectivity index (χ0n) is 11.3. The Hall–Kier alpha value is -1.02. The van der Waals surface area contributed by atoms with Gasteiger partial charge < -0.3 is 10.1 Å². The summed E-state index contributed by atoms with van der Waals surface area (Å²) in [7, 11) is 0. The number of hydrogen-bond donors (Lipinski definition) is 1. The van der Waals surface area contributed by atoms with Crippen LogP contribution in [-0.2, 0) is 0 Å². The van der Waals surface area contributed by atoms with Crippen molar-refractivity contribution in [2.45, 2.75) is 45.1 Å². The van der Waals surface area contributed by atoms with E-state index < -0.39 is 0 Å². The fraction of sp³-hybridized carbons (Fsp3) is 0.625. The van der Waals surface area contributed by atoms with Crippen LogP contribution in [0.4, 0.5) is 0 Å². The molecule has 1 aliphatic rings. The zero-order valence-corrected chi connectivity index (χ0v) is 11.3. The number of nitrogens with one attached hydrogen (secondary N) is 1. The quantitative estimate of drug-likeness (QED) is 0.830. The largest absolute Gasteiger partial charge is 0.490 e. The second kappa shape index (κ2) is 7.42. The lowest BCUT2D eigenvalue weighted by Gasteiger charge is -2.31. The highest BCUT2D eigenvalue weighted by Crippen LogP contribution is 2.25. The summed E-state index contributed by atoms with van der Waals surface area (Å²) in [6.45, 7) is 4.52. The van der Waals surface area contributed by atoms with E-state index >= 15 is 0 Å². The molecule has 1 atom stereocenters. The number of hydrogen-bond acceptors (Lipinski definition) is 2. The van der Waals surface area contributed by atoms with Gasteiger partial charge in [0.15, 0.2) is 0 Å². The van der Waals surface area contributed by atoms with Crippen molar-refractivity contribution in [1.29, 1.82) is 0 Å². The Balaban J connectivity index is 1.95. The van der Waals surface area contributed by atoms with Crippen LogP contribution < -0.4 is 10.1 Å². The van der Waals surface area contributed by atoms with E-state index in [2.05, 4.69) is 18.3 Å². The van der Waals surface area contributed by atoms with E-state index in [0.717, 1.165) is 18.8 Å². The molecule has 2 nitrogen and oxygen atoms in total. The Kier molecular flexibility index (Phi) is 5.53. The van der Waals surface area contributed by atoms with Crippen LogP contribution in [0, 0.1) is 12.0 Å². The maximum Gasteiger partial charge on any atom is 0.120 e. The summed E-state index contributed by atoms with van der Waals surface area (Å²) in [5.41, 5.74) is 0.